The molecule has 1 aromatic carbocycles. The van der Waals surface area contributed by atoms with Crippen LogP contribution in [-0.4, -0.2) is 36.7 Å². The number of ether oxygens (including phenoxy) is 2. The number of amides is 1. The maximum Gasteiger partial charge on any atom is 0.213 e. The SMILES string of the molecule is COc1ccc(C2CCOCC2)c2nc(NC=O)[nH]c12. The van der Waals surface area contributed by atoms with Crippen LogP contribution in [0.15, 0.2) is 12.1 Å². The number of H-pyrrole nitrogens is 1. The van der Waals surface area contributed by atoms with Gasteiger partial charge in [-0.2, -0.15) is 0 Å². The molecule has 1 saturated heterocycles. The number of hydrogen-bond donors (Lipinski definition) is 2. The number of carbonyl (C=O) groups is 1. The lowest BCUT2D eigenvalue weighted by Gasteiger charge is -2.22. The van der Waals surface area contributed by atoms with Crippen molar-refractivity contribution in [1.82, 2.24) is 9.97 Å². The van der Waals surface area contributed by atoms with E-state index in [9.17, 15) is 4.79 Å². The molecule has 0 saturated carbocycles. The van der Waals surface area contributed by atoms with Crippen LogP contribution in [0.5, 0.6) is 5.75 Å². The number of anilines is 1. The van der Waals surface area contributed by atoms with E-state index in [2.05, 4.69) is 21.4 Å². The highest BCUT2D eigenvalue weighted by Crippen LogP contribution is 2.35. The highest BCUT2D eigenvalue weighted by Gasteiger charge is 2.21. The minimum Gasteiger partial charge on any atom is -0.494 e. The maximum atomic E-state index is 10.6. The zero-order chi connectivity index (χ0) is 13.9. The summed E-state index contributed by atoms with van der Waals surface area (Å²) in [7, 11) is 1.62. The van der Waals surface area contributed by atoms with Gasteiger partial charge < -0.3 is 14.5 Å². The number of aromatic nitrogens is 2. The van der Waals surface area contributed by atoms with E-state index in [1.807, 2.05) is 6.07 Å². The summed E-state index contributed by atoms with van der Waals surface area (Å²) in [5.41, 5.74) is 2.86. The van der Waals surface area contributed by atoms with Gasteiger partial charge in [0.2, 0.25) is 12.4 Å². The van der Waals surface area contributed by atoms with Crippen LogP contribution in [0.1, 0.15) is 24.3 Å². The third kappa shape index (κ3) is 2.22. The van der Waals surface area contributed by atoms with Gasteiger partial charge in [0, 0.05) is 13.2 Å². The predicted molar refractivity (Wildman–Crippen MR) is 75.1 cm³/mol. The Morgan fingerprint density at radius 3 is 2.95 bits per heavy atom. The Morgan fingerprint density at radius 2 is 2.25 bits per heavy atom. The van der Waals surface area contributed by atoms with Crippen molar-refractivity contribution in [3.8, 4) is 5.75 Å². The van der Waals surface area contributed by atoms with Gasteiger partial charge in [-0.15, -0.1) is 0 Å². The molecule has 0 atom stereocenters. The van der Waals surface area contributed by atoms with Gasteiger partial charge in [0.25, 0.3) is 0 Å². The Hall–Kier alpha value is -2.08. The zero-order valence-electron chi connectivity index (χ0n) is 11.3. The average Bonchev–Trinajstić information content (AvgIpc) is 2.91. The Kier molecular flexibility index (Phi) is 3.56. The first-order valence-corrected chi connectivity index (χ1v) is 6.68. The van der Waals surface area contributed by atoms with Crippen molar-refractivity contribution in [3.05, 3.63) is 17.7 Å². The summed E-state index contributed by atoms with van der Waals surface area (Å²) < 4.78 is 10.8. The molecular weight excluding hydrogens is 258 g/mol. The lowest BCUT2D eigenvalue weighted by molar-refractivity contribution is -0.105. The predicted octanol–water partition coefficient (Wildman–Crippen LogP) is 2.03. The average molecular weight is 275 g/mol. The molecule has 0 spiro atoms. The largest absolute Gasteiger partial charge is 0.494 e. The Balaban J connectivity index is 2.09. The topological polar surface area (TPSA) is 76.2 Å². The summed E-state index contributed by atoms with van der Waals surface area (Å²) in [6.07, 6.45) is 2.59. The number of nitrogens with one attached hydrogen (secondary N) is 2. The van der Waals surface area contributed by atoms with Crippen molar-refractivity contribution in [3.63, 3.8) is 0 Å². The van der Waals surface area contributed by atoms with Crippen molar-refractivity contribution < 1.29 is 14.3 Å². The van der Waals surface area contributed by atoms with Gasteiger partial charge in [-0.05, 0) is 30.4 Å². The van der Waals surface area contributed by atoms with Crippen molar-refractivity contribution >= 4 is 23.4 Å². The molecule has 2 N–H and O–H groups in total. The highest BCUT2D eigenvalue weighted by molar-refractivity contribution is 5.88. The Labute approximate surface area is 116 Å². The molecule has 1 aromatic heterocycles. The van der Waals surface area contributed by atoms with Crippen LogP contribution in [0.3, 0.4) is 0 Å². The fourth-order valence-electron chi connectivity index (χ4n) is 2.72. The van der Waals surface area contributed by atoms with Crippen LogP contribution >= 0.6 is 0 Å². The zero-order valence-corrected chi connectivity index (χ0v) is 11.3. The number of rotatable bonds is 4. The van der Waals surface area contributed by atoms with Crippen molar-refractivity contribution in [2.24, 2.45) is 0 Å². The molecule has 1 amide bonds. The molecule has 1 aliphatic rings. The number of aromatic amines is 1. The third-order valence-electron chi connectivity index (χ3n) is 3.71. The minimum atomic E-state index is 0.435. The quantitative estimate of drug-likeness (QED) is 0.837. The molecule has 20 heavy (non-hydrogen) atoms. The standard InChI is InChI=1S/C14H17N3O3/c1-19-11-3-2-10(9-4-6-20-7-5-9)12-13(11)17-14(16-12)15-8-18/h2-3,8-9H,4-7H2,1H3,(H2,15,16,17,18). The molecule has 6 nitrogen and oxygen atoms in total. The van der Waals surface area contributed by atoms with Gasteiger partial charge in [-0.1, -0.05) is 6.07 Å². The first-order valence-electron chi connectivity index (χ1n) is 6.68. The molecule has 106 valence electrons. The molecule has 2 heterocycles. The summed E-state index contributed by atoms with van der Waals surface area (Å²) in [5, 5.41) is 2.55. The molecule has 0 aliphatic carbocycles. The second-order valence-corrected chi connectivity index (χ2v) is 4.81. The van der Waals surface area contributed by atoms with Gasteiger partial charge in [-0.25, -0.2) is 4.98 Å². The second-order valence-electron chi connectivity index (χ2n) is 4.81. The second kappa shape index (κ2) is 5.50. The number of methoxy groups -OCH3 is 1. The highest BCUT2D eigenvalue weighted by atomic mass is 16.5. The van der Waals surface area contributed by atoms with Gasteiger partial charge in [0.1, 0.15) is 11.3 Å². The van der Waals surface area contributed by atoms with E-state index in [0.717, 1.165) is 42.8 Å². The van der Waals surface area contributed by atoms with Crippen LogP contribution in [0.25, 0.3) is 11.0 Å². The van der Waals surface area contributed by atoms with E-state index in [-0.39, 0.29) is 0 Å². The summed E-state index contributed by atoms with van der Waals surface area (Å²) in [5.74, 6) is 1.60. The van der Waals surface area contributed by atoms with Crippen LogP contribution in [-0.2, 0) is 9.53 Å². The molecule has 1 fully saturated rings. The molecule has 0 unspecified atom stereocenters. The molecule has 6 heteroatoms. The minimum absolute atomic E-state index is 0.435. The number of benzene rings is 1. The van der Waals surface area contributed by atoms with Crippen LogP contribution in [0, 0.1) is 0 Å². The van der Waals surface area contributed by atoms with Gasteiger partial charge in [0.15, 0.2) is 0 Å². The number of fused-ring (bicyclic) bond motifs is 1. The van der Waals surface area contributed by atoms with E-state index >= 15 is 0 Å². The normalized spacial score (nSPS) is 16.2. The van der Waals surface area contributed by atoms with Gasteiger partial charge in [-0.3, -0.25) is 10.1 Å². The summed E-state index contributed by atoms with van der Waals surface area (Å²) in [6.45, 7) is 1.56. The number of carbonyl (C=O) groups excluding carboxylic acids is 1. The third-order valence-corrected chi connectivity index (χ3v) is 3.71. The van der Waals surface area contributed by atoms with Crippen LogP contribution in [0.4, 0.5) is 5.95 Å². The smallest absolute Gasteiger partial charge is 0.213 e. The van der Waals surface area contributed by atoms with Crippen molar-refractivity contribution in [1.29, 1.82) is 0 Å². The number of nitrogens with zero attached hydrogens (tertiary/aromatic N) is 1. The Bertz CT molecular complexity index is 617. The summed E-state index contributed by atoms with van der Waals surface area (Å²) >= 11 is 0. The van der Waals surface area contributed by atoms with E-state index < -0.39 is 0 Å². The first kappa shape index (κ1) is 12.9. The fourth-order valence-corrected chi connectivity index (χ4v) is 2.72. The van der Waals surface area contributed by atoms with E-state index in [0.29, 0.717) is 18.3 Å². The molecular formula is C14H17N3O3. The first-order chi connectivity index (χ1) is 9.83. The van der Waals surface area contributed by atoms with E-state index in [4.69, 9.17) is 9.47 Å². The lowest BCUT2D eigenvalue weighted by atomic mass is 9.90. The Morgan fingerprint density at radius 1 is 1.45 bits per heavy atom. The van der Waals surface area contributed by atoms with Gasteiger partial charge in [0.05, 0.1) is 12.6 Å². The summed E-state index contributed by atoms with van der Waals surface area (Å²) in [4.78, 5) is 18.1. The van der Waals surface area contributed by atoms with Crippen LogP contribution < -0.4 is 10.1 Å². The van der Waals surface area contributed by atoms with Gasteiger partial charge >= 0.3 is 0 Å². The summed E-state index contributed by atoms with van der Waals surface area (Å²) in [6, 6.07) is 4.00. The monoisotopic (exact) mass is 275 g/mol. The number of imidazole rings is 1. The molecule has 1 aliphatic heterocycles. The van der Waals surface area contributed by atoms with Crippen LogP contribution in [0.2, 0.25) is 0 Å². The maximum absolute atomic E-state index is 10.6. The van der Waals surface area contributed by atoms with Crippen molar-refractivity contribution in [2.75, 3.05) is 25.6 Å². The lowest BCUT2D eigenvalue weighted by Crippen LogP contribution is -2.14. The molecule has 0 bridgehead atoms. The molecule has 2 aromatic rings. The fraction of sp³-hybridized carbons (Fsp3) is 0.429. The molecule has 3 rings (SSSR count). The molecule has 0 radical (unpaired) electrons. The number of hydrogen-bond acceptors (Lipinski definition) is 4. The van der Waals surface area contributed by atoms with Crippen molar-refractivity contribution in [2.45, 2.75) is 18.8 Å². The van der Waals surface area contributed by atoms with E-state index in [1.54, 1.807) is 7.11 Å². The van der Waals surface area contributed by atoms with E-state index in [1.165, 1.54) is 5.56 Å².